The SMILES string of the molecule is CC(C)N(CC=CC(=O)N1CCCC(Nc2ncnc(N)c2C(=N)c2ccc(Oc3ccccc3)cc2)C1)C1CC1. The normalized spacial score (nSPS) is 17.3. The van der Waals surface area contributed by atoms with Crippen molar-refractivity contribution in [2.75, 3.05) is 30.7 Å². The summed E-state index contributed by atoms with van der Waals surface area (Å²) in [4.78, 5) is 25.9. The zero-order chi connectivity index (χ0) is 28.8. The van der Waals surface area contributed by atoms with Crippen molar-refractivity contribution in [3.05, 3.63) is 84.2 Å². The zero-order valence-corrected chi connectivity index (χ0v) is 23.8. The first kappa shape index (κ1) is 28.3. The van der Waals surface area contributed by atoms with Crippen molar-refractivity contribution in [1.82, 2.24) is 19.8 Å². The number of rotatable bonds is 11. The Hall–Kier alpha value is -4.24. The van der Waals surface area contributed by atoms with Crippen molar-refractivity contribution >= 4 is 23.3 Å². The van der Waals surface area contributed by atoms with Gasteiger partial charge in [0.25, 0.3) is 0 Å². The number of carbonyl (C=O) groups excluding carboxylic acids is 1. The Morgan fingerprint density at radius 1 is 1.12 bits per heavy atom. The van der Waals surface area contributed by atoms with Crippen molar-refractivity contribution < 1.29 is 9.53 Å². The van der Waals surface area contributed by atoms with Gasteiger partial charge in [-0.15, -0.1) is 0 Å². The predicted molar refractivity (Wildman–Crippen MR) is 163 cm³/mol. The number of benzene rings is 2. The number of nitrogens with one attached hydrogen (secondary N) is 2. The molecule has 2 heterocycles. The molecule has 0 spiro atoms. The Bertz CT molecular complexity index is 1370. The molecule has 1 unspecified atom stereocenters. The number of likely N-dealkylation sites (tertiary alicyclic amines) is 1. The van der Waals surface area contributed by atoms with Gasteiger partial charge in [-0.05, 0) is 75.9 Å². The van der Waals surface area contributed by atoms with Crippen LogP contribution in [0.25, 0.3) is 0 Å². The van der Waals surface area contributed by atoms with Gasteiger partial charge in [-0.1, -0.05) is 24.3 Å². The van der Waals surface area contributed by atoms with Crippen molar-refractivity contribution in [2.45, 2.75) is 57.7 Å². The van der Waals surface area contributed by atoms with Gasteiger partial charge in [-0.25, -0.2) is 9.97 Å². The quantitative estimate of drug-likeness (QED) is 0.223. The van der Waals surface area contributed by atoms with Gasteiger partial charge in [0, 0.05) is 49.4 Å². The topological polar surface area (TPSA) is 120 Å². The number of para-hydroxylation sites is 1. The highest BCUT2D eigenvalue weighted by Crippen LogP contribution is 2.29. The Morgan fingerprint density at radius 2 is 1.85 bits per heavy atom. The van der Waals surface area contributed by atoms with E-state index in [1.54, 1.807) is 6.08 Å². The Morgan fingerprint density at radius 3 is 2.56 bits per heavy atom. The first-order valence-electron chi connectivity index (χ1n) is 14.4. The minimum atomic E-state index is -0.0118. The van der Waals surface area contributed by atoms with Crippen molar-refractivity contribution in [3.63, 3.8) is 0 Å². The fourth-order valence-corrected chi connectivity index (χ4v) is 5.27. The number of hydrogen-bond acceptors (Lipinski definition) is 8. The molecule has 2 aromatic carbocycles. The van der Waals surface area contributed by atoms with E-state index in [0.717, 1.165) is 31.7 Å². The van der Waals surface area contributed by atoms with Gasteiger partial charge in [-0.2, -0.15) is 0 Å². The highest BCUT2D eigenvalue weighted by atomic mass is 16.5. The summed E-state index contributed by atoms with van der Waals surface area (Å²) in [6.07, 6.45) is 9.39. The zero-order valence-electron chi connectivity index (χ0n) is 23.8. The van der Waals surface area contributed by atoms with Crippen LogP contribution in [0.4, 0.5) is 11.6 Å². The van der Waals surface area contributed by atoms with E-state index in [1.165, 1.54) is 19.2 Å². The van der Waals surface area contributed by atoms with E-state index in [1.807, 2.05) is 65.6 Å². The van der Waals surface area contributed by atoms with Gasteiger partial charge >= 0.3 is 0 Å². The number of aromatic nitrogens is 2. The number of piperidine rings is 1. The van der Waals surface area contributed by atoms with Gasteiger partial charge in [0.05, 0.1) is 11.3 Å². The Kier molecular flexibility index (Phi) is 8.94. The second-order valence-corrected chi connectivity index (χ2v) is 11.0. The molecular weight excluding hydrogens is 514 g/mol. The summed E-state index contributed by atoms with van der Waals surface area (Å²) in [5.74, 6) is 2.18. The van der Waals surface area contributed by atoms with E-state index in [-0.39, 0.29) is 23.5 Å². The molecule has 9 heteroatoms. The number of amides is 1. The second kappa shape index (κ2) is 13.0. The van der Waals surface area contributed by atoms with E-state index in [2.05, 4.69) is 34.0 Å². The molecule has 1 aliphatic heterocycles. The molecule has 0 radical (unpaired) electrons. The number of hydrogen-bond donors (Lipinski definition) is 3. The summed E-state index contributed by atoms with van der Waals surface area (Å²) < 4.78 is 5.88. The third kappa shape index (κ3) is 7.29. The molecule has 1 atom stereocenters. The molecule has 3 aromatic rings. The lowest BCUT2D eigenvalue weighted by atomic mass is 10.0. The van der Waals surface area contributed by atoms with Gasteiger partial charge in [0.2, 0.25) is 5.91 Å². The summed E-state index contributed by atoms with van der Waals surface area (Å²) in [5.41, 5.74) is 7.60. The van der Waals surface area contributed by atoms with E-state index in [0.29, 0.717) is 41.3 Å². The van der Waals surface area contributed by atoms with Crippen molar-refractivity contribution in [2.24, 2.45) is 0 Å². The molecule has 2 fully saturated rings. The average Bonchev–Trinajstić information content (AvgIpc) is 3.81. The molecule has 1 aliphatic carbocycles. The Labute approximate surface area is 241 Å². The number of nitrogens with two attached hydrogens (primary N) is 1. The molecule has 2 aliphatic rings. The van der Waals surface area contributed by atoms with Crippen LogP contribution in [-0.4, -0.2) is 69.1 Å². The molecule has 9 nitrogen and oxygen atoms in total. The monoisotopic (exact) mass is 553 g/mol. The molecule has 1 saturated heterocycles. The van der Waals surface area contributed by atoms with E-state index in [9.17, 15) is 4.79 Å². The van der Waals surface area contributed by atoms with Crippen LogP contribution in [0.3, 0.4) is 0 Å². The lowest BCUT2D eigenvalue weighted by Crippen LogP contribution is -2.45. The molecular formula is C32H39N7O2. The van der Waals surface area contributed by atoms with Crippen LogP contribution in [0.5, 0.6) is 11.5 Å². The fraction of sp³-hybridized carbons (Fsp3) is 0.375. The maximum absolute atomic E-state index is 13.0. The number of nitrogens with zero attached hydrogens (tertiary/aromatic N) is 4. The van der Waals surface area contributed by atoms with Crippen LogP contribution in [-0.2, 0) is 4.79 Å². The van der Waals surface area contributed by atoms with Crippen LogP contribution in [0.2, 0.25) is 0 Å². The van der Waals surface area contributed by atoms with Gasteiger partial charge in [0.15, 0.2) is 0 Å². The van der Waals surface area contributed by atoms with Crippen LogP contribution in [0.1, 0.15) is 50.7 Å². The summed E-state index contributed by atoms with van der Waals surface area (Å²) in [5, 5.41) is 12.4. The first-order valence-corrected chi connectivity index (χ1v) is 14.4. The highest BCUT2D eigenvalue weighted by Gasteiger charge is 2.30. The summed E-state index contributed by atoms with van der Waals surface area (Å²) in [6, 6.07) is 18.0. The number of carbonyl (C=O) groups is 1. The van der Waals surface area contributed by atoms with E-state index < -0.39 is 0 Å². The summed E-state index contributed by atoms with van der Waals surface area (Å²) in [7, 11) is 0. The highest BCUT2D eigenvalue weighted by molar-refractivity contribution is 6.16. The standard InChI is InChI=1S/C32H39N7O2/c1-22(2)39(25-14-15-25)19-7-11-28(40)38-18-6-8-24(20-38)37-32-29(31(34)35-21-36-32)30(33)23-12-16-27(17-13-23)41-26-9-4-3-5-10-26/h3-5,7,9-13,16-17,21-22,24-25,33H,6,8,14-15,18-20H2,1-2H3,(H3,34,35,36,37). The smallest absolute Gasteiger partial charge is 0.246 e. The number of anilines is 2. The van der Waals surface area contributed by atoms with Crippen LogP contribution >= 0.6 is 0 Å². The maximum atomic E-state index is 13.0. The number of nitrogen functional groups attached to an aromatic ring is 1. The molecule has 41 heavy (non-hydrogen) atoms. The van der Waals surface area contributed by atoms with Crippen LogP contribution in [0, 0.1) is 5.41 Å². The van der Waals surface area contributed by atoms with Gasteiger partial charge in [0.1, 0.15) is 29.5 Å². The third-order valence-corrected chi connectivity index (χ3v) is 7.58. The van der Waals surface area contributed by atoms with E-state index in [4.69, 9.17) is 15.9 Å². The lowest BCUT2D eigenvalue weighted by molar-refractivity contribution is -0.127. The van der Waals surface area contributed by atoms with Crippen molar-refractivity contribution in [3.8, 4) is 11.5 Å². The maximum Gasteiger partial charge on any atom is 0.246 e. The molecule has 4 N–H and O–H groups in total. The van der Waals surface area contributed by atoms with Crippen LogP contribution in [0.15, 0.2) is 73.1 Å². The lowest BCUT2D eigenvalue weighted by Gasteiger charge is -2.33. The molecule has 1 aromatic heterocycles. The van der Waals surface area contributed by atoms with Gasteiger partial charge in [-0.3, -0.25) is 15.1 Å². The Balaban J connectivity index is 1.23. The molecule has 0 bridgehead atoms. The minimum Gasteiger partial charge on any atom is -0.457 e. The first-order chi connectivity index (χ1) is 19.9. The largest absolute Gasteiger partial charge is 0.457 e. The minimum absolute atomic E-state index is 0.0118. The average molecular weight is 554 g/mol. The predicted octanol–water partition coefficient (Wildman–Crippen LogP) is 5.10. The van der Waals surface area contributed by atoms with E-state index >= 15 is 0 Å². The molecule has 214 valence electrons. The van der Waals surface area contributed by atoms with Crippen LogP contribution < -0.4 is 15.8 Å². The van der Waals surface area contributed by atoms with Gasteiger partial charge < -0.3 is 20.7 Å². The number of ether oxygens (including phenoxy) is 1. The molecule has 1 amide bonds. The summed E-state index contributed by atoms with van der Waals surface area (Å²) >= 11 is 0. The fourth-order valence-electron chi connectivity index (χ4n) is 5.27. The summed E-state index contributed by atoms with van der Waals surface area (Å²) in [6.45, 7) is 6.50. The molecule has 1 saturated carbocycles. The van der Waals surface area contributed by atoms with Crippen molar-refractivity contribution in [1.29, 1.82) is 5.41 Å². The second-order valence-electron chi connectivity index (χ2n) is 11.0. The molecule has 5 rings (SSSR count). The third-order valence-electron chi connectivity index (χ3n) is 7.58.